The number of thioether (sulfide) groups is 1. The zero-order valence-corrected chi connectivity index (χ0v) is 25.2. The Hall–Kier alpha value is -2.35. The molecule has 0 bridgehead atoms. The number of aryl methyl sites for hydroxylation is 2. The van der Waals surface area contributed by atoms with Gasteiger partial charge in [0, 0.05) is 0 Å². The molecule has 0 saturated carbocycles. The normalized spacial score (nSPS) is 15.7. The fourth-order valence-electron chi connectivity index (χ4n) is 3.86. The molecule has 0 aliphatic carbocycles. The molecule has 0 spiro atoms. The summed E-state index contributed by atoms with van der Waals surface area (Å²) in [5.74, 6) is 0.690. The molecule has 1 saturated heterocycles. The van der Waals surface area contributed by atoms with Crippen LogP contribution in [0.5, 0.6) is 5.75 Å². The number of hydrogen-bond donors (Lipinski definition) is 0. The van der Waals surface area contributed by atoms with Gasteiger partial charge in [0.2, 0.25) is 0 Å². The lowest BCUT2D eigenvalue weighted by atomic mass is 10.2. The number of ether oxygens (including phenoxy) is 1. The van der Waals surface area contributed by atoms with E-state index in [-0.39, 0.29) is 5.91 Å². The maximum absolute atomic E-state index is 13.6. The largest absolute Gasteiger partial charge is 0.491 e. The molecule has 192 valence electrons. The van der Waals surface area contributed by atoms with Gasteiger partial charge in [0.05, 0.1) is 31.8 Å². The summed E-state index contributed by atoms with van der Waals surface area (Å²) in [5, 5.41) is 0.633. The summed E-state index contributed by atoms with van der Waals surface area (Å²) >= 11 is 8.69. The average Bonchev–Trinajstić information content (AvgIpc) is 3.16. The van der Waals surface area contributed by atoms with Gasteiger partial charge in [0.25, 0.3) is 5.91 Å². The molecule has 37 heavy (non-hydrogen) atoms. The molecule has 1 heterocycles. The van der Waals surface area contributed by atoms with E-state index in [0.29, 0.717) is 16.7 Å². The Morgan fingerprint density at radius 3 is 2.16 bits per heavy atom. The number of benzene rings is 3. The van der Waals surface area contributed by atoms with Crippen molar-refractivity contribution in [2.45, 2.75) is 46.5 Å². The number of anilines is 1. The van der Waals surface area contributed by atoms with Gasteiger partial charge in [-0.15, -0.1) is 0 Å². The van der Waals surface area contributed by atoms with E-state index in [1.54, 1.807) is 4.90 Å². The number of rotatable bonds is 9. The van der Waals surface area contributed by atoms with Crippen LogP contribution in [-0.2, 0) is 4.79 Å². The topological polar surface area (TPSA) is 41.9 Å². The van der Waals surface area contributed by atoms with E-state index in [1.807, 2.05) is 80.6 Å². The third-order valence-electron chi connectivity index (χ3n) is 5.92. The number of carbonyl (C=O) groups is 1. The zero-order chi connectivity index (χ0) is 26.4. The van der Waals surface area contributed by atoms with E-state index in [1.165, 1.54) is 36.6 Å². The van der Waals surface area contributed by atoms with Crippen molar-refractivity contribution in [3.8, 4) is 5.75 Å². The minimum atomic E-state index is -0.0942. The Morgan fingerprint density at radius 2 is 1.54 bits per heavy atom. The highest BCUT2D eigenvalue weighted by molar-refractivity contribution is 9.11. The Balaban J connectivity index is 1.63. The summed E-state index contributed by atoms with van der Waals surface area (Å²) in [6.07, 6.45) is 6.53. The van der Waals surface area contributed by atoms with Crippen molar-refractivity contribution in [1.29, 1.82) is 0 Å². The molecule has 0 aromatic heterocycles. The minimum absolute atomic E-state index is 0.0942. The van der Waals surface area contributed by atoms with E-state index < -0.39 is 0 Å². The Morgan fingerprint density at radius 1 is 0.919 bits per heavy atom. The van der Waals surface area contributed by atoms with Crippen LogP contribution in [0.2, 0.25) is 0 Å². The van der Waals surface area contributed by atoms with Gasteiger partial charge in [-0.2, -0.15) is 0 Å². The highest BCUT2D eigenvalue weighted by atomic mass is 79.9. The maximum atomic E-state index is 13.6. The number of amidine groups is 1. The molecule has 1 aliphatic rings. The molecular formula is C30H30Br2N2O2S. The van der Waals surface area contributed by atoms with Gasteiger partial charge in [-0.25, -0.2) is 4.99 Å². The van der Waals surface area contributed by atoms with Crippen molar-refractivity contribution in [3.05, 3.63) is 91.2 Å². The zero-order valence-electron chi connectivity index (χ0n) is 21.3. The van der Waals surface area contributed by atoms with Crippen LogP contribution in [-0.4, -0.2) is 17.7 Å². The third kappa shape index (κ3) is 7.15. The molecule has 4 nitrogen and oxygen atoms in total. The van der Waals surface area contributed by atoms with Crippen molar-refractivity contribution in [3.63, 3.8) is 0 Å². The number of hydrogen-bond acceptors (Lipinski definition) is 4. The van der Waals surface area contributed by atoms with Crippen LogP contribution in [0.15, 0.2) is 79.5 Å². The van der Waals surface area contributed by atoms with Gasteiger partial charge >= 0.3 is 0 Å². The van der Waals surface area contributed by atoms with E-state index in [9.17, 15) is 4.79 Å². The van der Waals surface area contributed by atoms with Gasteiger partial charge in [0.1, 0.15) is 5.75 Å². The number of unbranched alkanes of at least 4 members (excludes halogenated alkanes) is 3. The molecule has 0 N–H and O–H groups in total. The quantitative estimate of drug-likeness (QED) is 0.173. The lowest BCUT2D eigenvalue weighted by Crippen LogP contribution is -2.28. The fraction of sp³-hybridized carbons (Fsp3) is 0.267. The standard InChI is InChI=1S/C30H30Br2N2O2S/c1-4-5-6-7-16-36-28-25(31)17-22(18-26(28)32)19-27-29(35)34(24-14-10-21(3)11-15-24)30(37-27)33-23-12-8-20(2)9-13-23/h8-15,17-19H,4-7,16H2,1-3H3/b27-19+,33-30?. The van der Waals surface area contributed by atoms with Crippen molar-refractivity contribution < 1.29 is 9.53 Å². The van der Waals surface area contributed by atoms with Crippen molar-refractivity contribution in [2.24, 2.45) is 4.99 Å². The molecular weight excluding hydrogens is 612 g/mol. The molecule has 1 fully saturated rings. The third-order valence-corrected chi connectivity index (χ3v) is 8.07. The summed E-state index contributed by atoms with van der Waals surface area (Å²) in [4.78, 5) is 20.8. The summed E-state index contributed by atoms with van der Waals surface area (Å²) in [7, 11) is 0. The van der Waals surface area contributed by atoms with Crippen LogP contribution in [0, 0.1) is 13.8 Å². The van der Waals surface area contributed by atoms with E-state index in [0.717, 1.165) is 43.6 Å². The van der Waals surface area contributed by atoms with Gasteiger partial charge in [-0.1, -0.05) is 61.6 Å². The SMILES string of the molecule is CCCCCCOc1c(Br)cc(/C=C2/SC(=Nc3ccc(C)cc3)N(c3ccc(C)cc3)C2=O)cc1Br. The second kappa shape index (κ2) is 12.9. The van der Waals surface area contributed by atoms with Crippen molar-refractivity contribution in [2.75, 3.05) is 11.5 Å². The molecule has 0 unspecified atom stereocenters. The molecule has 1 aliphatic heterocycles. The number of amides is 1. The second-order valence-corrected chi connectivity index (χ2v) is 11.8. The maximum Gasteiger partial charge on any atom is 0.271 e. The van der Waals surface area contributed by atoms with Crippen molar-refractivity contribution in [1.82, 2.24) is 0 Å². The molecule has 7 heteroatoms. The molecule has 0 atom stereocenters. The molecule has 3 aromatic carbocycles. The molecule has 0 radical (unpaired) electrons. The number of carbonyl (C=O) groups excluding carboxylic acids is 1. The van der Waals surface area contributed by atoms with E-state index in [4.69, 9.17) is 9.73 Å². The number of aliphatic imine (C=N–C) groups is 1. The summed E-state index contributed by atoms with van der Waals surface area (Å²) in [5.41, 5.74) is 4.81. The van der Waals surface area contributed by atoms with E-state index >= 15 is 0 Å². The number of halogens is 2. The minimum Gasteiger partial charge on any atom is -0.491 e. The monoisotopic (exact) mass is 640 g/mol. The van der Waals surface area contributed by atoms with Crippen molar-refractivity contribution >= 4 is 72.1 Å². The van der Waals surface area contributed by atoms with Gasteiger partial charge in [0.15, 0.2) is 5.17 Å². The fourth-order valence-corrected chi connectivity index (χ4v) is 6.31. The van der Waals surface area contributed by atoms with Crippen LogP contribution in [0.1, 0.15) is 49.3 Å². The summed E-state index contributed by atoms with van der Waals surface area (Å²) in [6, 6.07) is 19.9. The van der Waals surface area contributed by atoms with Gasteiger partial charge < -0.3 is 4.74 Å². The summed E-state index contributed by atoms with van der Waals surface area (Å²) in [6.45, 7) is 6.96. The predicted molar refractivity (Wildman–Crippen MR) is 164 cm³/mol. The Bertz CT molecular complexity index is 1300. The van der Waals surface area contributed by atoms with Gasteiger partial charge in [-0.3, -0.25) is 9.69 Å². The highest BCUT2D eigenvalue weighted by Gasteiger charge is 2.34. The first-order chi connectivity index (χ1) is 17.9. The smallest absolute Gasteiger partial charge is 0.271 e. The molecule has 1 amide bonds. The first-order valence-corrected chi connectivity index (χ1v) is 14.8. The molecule has 4 rings (SSSR count). The van der Waals surface area contributed by atoms with Gasteiger partial charge in [-0.05, 0) is 112 Å². The lowest BCUT2D eigenvalue weighted by molar-refractivity contribution is -0.113. The van der Waals surface area contributed by atoms with Crippen LogP contribution in [0.25, 0.3) is 6.08 Å². The van der Waals surface area contributed by atoms with Crippen LogP contribution in [0.4, 0.5) is 11.4 Å². The highest BCUT2D eigenvalue weighted by Crippen LogP contribution is 2.40. The lowest BCUT2D eigenvalue weighted by Gasteiger charge is -2.16. The average molecular weight is 642 g/mol. The number of nitrogens with zero attached hydrogens (tertiary/aromatic N) is 2. The first-order valence-electron chi connectivity index (χ1n) is 12.4. The Kier molecular flexibility index (Phi) is 9.68. The van der Waals surface area contributed by atoms with Crippen LogP contribution in [0.3, 0.4) is 0 Å². The second-order valence-electron chi connectivity index (χ2n) is 9.04. The van der Waals surface area contributed by atoms with Crippen LogP contribution < -0.4 is 9.64 Å². The predicted octanol–water partition coefficient (Wildman–Crippen LogP) is 9.60. The van der Waals surface area contributed by atoms with E-state index in [2.05, 4.69) is 38.8 Å². The Labute approximate surface area is 240 Å². The molecule has 3 aromatic rings. The first kappa shape index (κ1) is 27.7. The van der Waals surface area contributed by atoms with Crippen LogP contribution >= 0.6 is 43.6 Å². The summed E-state index contributed by atoms with van der Waals surface area (Å²) < 4.78 is 7.72.